The molecule has 3 N–H and O–H groups in total. The summed E-state index contributed by atoms with van der Waals surface area (Å²) in [5.74, 6) is 0.151. The molecule has 2 rings (SSSR count). The van der Waals surface area contributed by atoms with E-state index in [0.717, 1.165) is 17.9 Å². The lowest BCUT2D eigenvalue weighted by molar-refractivity contribution is -0.710. The molecule has 2 atom stereocenters. The summed E-state index contributed by atoms with van der Waals surface area (Å²) >= 11 is 5.89. The molecule has 110 valence electrons. The fourth-order valence-electron chi connectivity index (χ4n) is 2.80. The average Bonchev–Trinajstić information content (AvgIpc) is 2.92. The van der Waals surface area contributed by atoms with E-state index >= 15 is 0 Å². The van der Waals surface area contributed by atoms with Gasteiger partial charge in [0.05, 0.1) is 0 Å². The number of carbonyl (C=O) groups is 1. The molecule has 1 aliphatic rings. The van der Waals surface area contributed by atoms with Crippen molar-refractivity contribution in [2.24, 2.45) is 0 Å². The van der Waals surface area contributed by atoms with Crippen molar-refractivity contribution in [2.75, 3.05) is 0 Å². The van der Waals surface area contributed by atoms with Crippen LogP contribution in [0.15, 0.2) is 24.3 Å². The number of quaternary nitrogens is 1. The van der Waals surface area contributed by atoms with E-state index in [0.29, 0.717) is 6.04 Å². The number of halogens is 1. The summed E-state index contributed by atoms with van der Waals surface area (Å²) in [6.45, 7) is 4.08. The number of nitrogens with two attached hydrogens (primary N) is 1. The Morgan fingerprint density at radius 1 is 1.25 bits per heavy atom. The van der Waals surface area contributed by atoms with Gasteiger partial charge in [0.2, 0.25) is 0 Å². The summed E-state index contributed by atoms with van der Waals surface area (Å²) in [6.07, 6.45) is 4.74. The Hall–Kier alpha value is -1.06. The van der Waals surface area contributed by atoms with Crippen LogP contribution in [0.25, 0.3) is 0 Å². The monoisotopic (exact) mass is 295 g/mol. The fourth-order valence-corrected chi connectivity index (χ4v) is 2.93. The predicted molar refractivity (Wildman–Crippen MR) is 81.7 cm³/mol. The standard InChI is InChI=1S/C16H23ClN2O/c1-11(13-7-9-14(17)10-8-13)18-12(2)16(20)19-15-5-3-4-6-15/h7-12,15,18H,3-6H2,1-2H3,(H,19,20)/p+1/t11-,12-/m0/s1. The van der Waals surface area contributed by atoms with Gasteiger partial charge in [-0.25, -0.2) is 0 Å². The first-order valence-corrected chi connectivity index (χ1v) is 7.85. The number of hydrogen-bond donors (Lipinski definition) is 2. The third kappa shape index (κ3) is 4.22. The van der Waals surface area contributed by atoms with Gasteiger partial charge in [0.25, 0.3) is 5.91 Å². The van der Waals surface area contributed by atoms with E-state index in [1.54, 1.807) is 0 Å². The molecule has 1 aromatic rings. The van der Waals surface area contributed by atoms with Crippen LogP contribution in [-0.4, -0.2) is 18.0 Å². The van der Waals surface area contributed by atoms with Crippen LogP contribution in [0.1, 0.15) is 51.1 Å². The van der Waals surface area contributed by atoms with Crippen molar-refractivity contribution in [3.8, 4) is 0 Å². The first-order valence-electron chi connectivity index (χ1n) is 7.47. The van der Waals surface area contributed by atoms with E-state index in [9.17, 15) is 4.79 Å². The number of carbonyl (C=O) groups excluding carboxylic acids is 1. The number of benzene rings is 1. The number of amides is 1. The molecule has 0 spiro atoms. The Balaban J connectivity index is 1.84. The Bertz CT molecular complexity index is 440. The molecule has 0 bridgehead atoms. The molecule has 0 radical (unpaired) electrons. The number of hydrogen-bond acceptors (Lipinski definition) is 1. The van der Waals surface area contributed by atoms with Crippen molar-refractivity contribution in [1.82, 2.24) is 5.32 Å². The van der Waals surface area contributed by atoms with E-state index in [2.05, 4.69) is 17.6 Å². The van der Waals surface area contributed by atoms with Gasteiger partial charge in [-0.15, -0.1) is 0 Å². The van der Waals surface area contributed by atoms with Crippen molar-refractivity contribution in [3.63, 3.8) is 0 Å². The Morgan fingerprint density at radius 2 is 1.85 bits per heavy atom. The quantitative estimate of drug-likeness (QED) is 0.861. The lowest BCUT2D eigenvalue weighted by atomic mass is 10.1. The zero-order chi connectivity index (χ0) is 14.5. The van der Waals surface area contributed by atoms with E-state index in [-0.39, 0.29) is 18.0 Å². The highest BCUT2D eigenvalue weighted by atomic mass is 35.5. The Labute approximate surface area is 126 Å². The topological polar surface area (TPSA) is 45.7 Å². The van der Waals surface area contributed by atoms with Crippen LogP contribution >= 0.6 is 11.6 Å². The molecule has 3 nitrogen and oxygen atoms in total. The lowest BCUT2D eigenvalue weighted by Gasteiger charge is -2.19. The fraction of sp³-hybridized carbons (Fsp3) is 0.562. The minimum atomic E-state index is -0.0683. The SMILES string of the molecule is C[C@H]([NH2+][C@@H](C)c1ccc(Cl)cc1)C(=O)NC1CCCC1. The second kappa shape index (κ2) is 7.09. The first kappa shape index (κ1) is 15.3. The zero-order valence-electron chi connectivity index (χ0n) is 12.2. The van der Waals surface area contributed by atoms with E-state index < -0.39 is 0 Å². The van der Waals surface area contributed by atoms with Crippen molar-refractivity contribution in [2.45, 2.75) is 57.7 Å². The van der Waals surface area contributed by atoms with E-state index in [4.69, 9.17) is 11.6 Å². The highest BCUT2D eigenvalue weighted by Crippen LogP contribution is 2.17. The molecular formula is C16H24ClN2O+. The summed E-state index contributed by atoms with van der Waals surface area (Å²) in [6, 6.07) is 8.40. The summed E-state index contributed by atoms with van der Waals surface area (Å²) in [4.78, 5) is 12.2. The van der Waals surface area contributed by atoms with Crippen LogP contribution in [0.2, 0.25) is 5.02 Å². The molecule has 0 aliphatic heterocycles. The van der Waals surface area contributed by atoms with Crippen LogP contribution in [-0.2, 0) is 4.79 Å². The maximum Gasteiger partial charge on any atom is 0.278 e. The van der Waals surface area contributed by atoms with Gasteiger partial charge in [0, 0.05) is 16.6 Å². The molecule has 1 saturated carbocycles. The second-order valence-electron chi connectivity index (χ2n) is 5.81. The second-order valence-corrected chi connectivity index (χ2v) is 6.25. The Morgan fingerprint density at radius 3 is 2.45 bits per heavy atom. The molecule has 0 aromatic heterocycles. The highest BCUT2D eigenvalue weighted by molar-refractivity contribution is 6.30. The smallest absolute Gasteiger partial charge is 0.278 e. The van der Waals surface area contributed by atoms with Crippen LogP contribution in [0, 0.1) is 0 Å². The molecule has 1 amide bonds. The van der Waals surface area contributed by atoms with Crippen LogP contribution < -0.4 is 10.6 Å². The summed E-state index contributed by atoms with van der Waals surface area (Å²) in [7, 11) is 0. The average molecular weight is 296 g/mol. The molecule has 1 aromatic carbocycles. The predicted octanol–water partition coefficient (Wildman–Crippen LogP) is 2.41. The van der Waals surface area contributed by atoms with Crippen molar-refractivity contribution < 1.29 is 10.1 Å². The van der Waals surface area contributed by atoms with Gasteiger partial charge >= 0.3 is 0 Å². The molecule has 0 saturated heterocycles. The zero-order valence-corrected chi connectivity index (χ0v) is 13.0. The molecule has 0 heterocycles. The number of nitrogens with one attached hydrogen (secondary N) is 1. The van der Waals surface area contributed by atoms with Gasteiger partial charge in [-0.1, -0.05) is 36.6 Å². The molecule has 1 fully saturated rings. The van der Waals surface area contributed by atoms with Gasteiger partial charge in [0.1, 0.15) is 6.04 Å². The normalized spacial score (nSPS) is 18.8. The van der Waals surface area contributed by atoms with Gasteiger partial charge in [-0.3, -0.25) is 4.79 Å². The molecule has 0 unspecified atom stereocenters. The van der Waals surface area contributed by atoms with Crippen LogP contribution in [0.3, 0.4) is 0 Å². The molecule has 1 aliphatic carbocycles. The van der Waals surface area contributed by atoms with Crippen molar-refractivity contribution in [1.29, 1.82) is 0 Å². The maximum atomic E-state index is 12.2. The summed E-state index contributed by atoms with van der Waals surface area (Å²) < 4.78 is 0. The van der Waals surface area contributed by atoms with Crippen molar-refractivity contribution >= 4 is 17.5 Å². The lowest BCUT2D eigenvalue weighted by Crippen LogP contribution is -2.92. The third-order valence-corrected chi connectivity index (χ3v) is 4.34. The molecular weight excluding hydrogens is 272 g/mol. The third-order valence-electron chi connectivity index (χ3n) is 4.09. The summed E-state index contributed by atoms with van der Waals surface area (Å²) in [5, 5.41) is 6.00. The van der Waals surface area contributed by atoms with Crippen LogP contribution in [0.4, 0.5) is 0 Å². The maximum absolute atomic E-state index is 12.2. The molecule has 4 heteroatoms. The van der Waals surface area contributed by atoms with Gasteiger partial charge < -0.3 is 10.6 Å². The minimum absolute atomic E-state index is 0.0683. The van der Waals surface area contributed by atoms with Crippen molar-refractivity contribution in [3.05, 3.63) is 34.9 Å². The number of rotatable bonds is 5. The first-order chi connectivity index (χ1) is 9.56. The highest BCUT2D eigenvalue weighted by Gasteiger charge is 2.24. The minimum Gasteiger partial charge on any atom is -0.348 e. The summed E-state index contributed by atoms with van der Waals surface area (Å²) in [5.41, 5.74) is 1.19. The van der Waals surface area contributed by atoms with E-state index in [1.165, 1.54) is 18.4 Å². The largest absolute Gasteiger partial charge is 0.348 e. The van der Waals surface area contributed by atoms with Gasteiger partial charge in [-0.05, 0) is 38.8 Å². The molecule has 20 heavy (non-hydrogen) atoms. The van der Waals surface area contributed by atoms with Gasteiger partial charge in [-0.2, -0.15) is 0 Å². The van der Waals surface area contributed by atoms with Gasteiger partial charge in [0.15, 0.2) is 6.04 Å². The van der Waals surface area contributed by atoms with E-state index in [1.807, 2.05) is 31.2 Å². The van der Waals surface area contributed by atoms with Crippen LogP contribution in [0.5, 0.6) is 0 Å². The Kier molecular flexibility index (Phi) is 5.44.